The van der Waals surface area contributed by atoms with Crippen molar-refractivity contribution in [2.24, 2.45) is 0 Å². The number of hydrogen-bond acceptors (Lipinski definition) is 3. The molecule has 0 saturated carbocycles. The van der Waals surface area contributed by atoms with Crippen LogP contribution in [0.2, 0.25) is 0 Å². The predicted molar refractivity (Wildman–Crippen MR) is 64.9 cm³/mol. The first-order valence-corrected chi connectivity index (χ1v) is 7.36. The van der Waals surface area contributed by atoms with Gasteiger partial charge in [0.05, 0.1) is 11.4 Å². The molecule has 0 amide bonds. The van der Waals surface area contributed by atoms with Gasteiger partial charge >= 0.3 is 0 Å². The Balaban J connectivity index is 2.76. The number of rotatable bonds is 4. The van der Waals surface area contributed by atoms with E-state index in [1.807, 2.05) is 0 Å². The van der Waals surface area contributed by atoms with Crippen LogP contribution in [0.1, 0.15) is 25.0 Å². The third-order valence-corrected chi connectivity index (χ3v) is 3.00. The van der Waals surface area contributed by atoms with Crippen LogP contribution in [-0.4, -0.2) is 19.1 Å². The molecule has 0 bridgehead atoms. The molecule has 1 aromatic carbocycles. The molecule has 0 fully saturated rings. The smallest absolute Gasteiger partial charge is 0.236 e. The van der Waals surface area contributed by atoms with Crippen molar-refractivity contribution < 1.29 is 13.5 Å². The Bertz CT molecular complexity index is 443. The minimum Gasteiger partial charge on any atom is -0.390 e. The summed E-state index contributed by atoms with van der Waals surface area (Å²) in [7, 11) is 1.64. The molecular formula is C11H15ClO3S. The lowest BCUT2D eigenvalue weighted by Gasteiger charge is -2.16. The number of hydrogen-bond donors (Lipinski definition) is 1. The van der Waals surface area contributed by atoms with Gasteiger partial charge in [0.25, 0.3) is 0 Å². The minimum absolute atomic E-state index is 0.169. The van der Waals surface area contributed by atoms with E-state index in [0.717, 1.165) is 5.56 Å². The summed E-state index contributed by atoms with van der Waals surface area (Å²) in [5.41, 5.74) is 0.845. The highest BCUT2D eigenvalue weighted by Gasteiger charge is 2.13. The Morgan fingerprint density at radius 3 is 2.00 bits per heavy atom. The monoisotopic (exact) mass is 262 g/mol. The zero-order valence-corrected chi connectivity index (χ0v) is 10.8. The molecule has 0 aliphatic carbocycles. The summed E-state index contributed by atoms with van der Waals surface area (Å²) in [5.74, 6) is -0.169. The Hall–Kier alpha value is -0.580. The zero-order chi connectivity index (χ0) is 12.4. The van der Waals surface area contributed by atoms with Crippen molar-refractivity contribution in [1.82, 2.24) is 0 Å². The van der Waals surface area contributed by atoms with Crippen LogP contribution in [0.15, 0.2) is 24.3 Å². The van der Waals surface area contributed by atoms with E-state index in [9.17, 15) is 13.5 Å². The van der Waals surface area contributed by atoms with Crippen LogP contribution in [0.5, 0.6) is 0 Å². The first-order chi connectivity index (χ1) is 7.16. The molecule has 0 atom stereocenters. The molecule has 1 N–H and O–H groups in total. The summed E-state index contributed by atoms with van der Waals surface area (Å²) >= 11 is 0. The average molecular weight is 263 g/mol. The van der Waals surface area contributed by atoms with Crippen molar-refractivity contribution in [2.75, 3.05) is 0 Å². The predicted octanol–water partition coefficient (Wildman–Crippen LogP) is 2.07. The van der Waals surface area contributed by atoms with Crippen LogP contribution in [0, 0.1) is 0 Å². The molecule has 1 aromatic rings. The molecule has 0 aromatic heterocycles. The van der Waals surface area contributed by atoms with Gasteiger partial charge in [0.15, 0.2) is 0 Å². The fourth-order valence-electron chi connectivity index (χ4n) is 1.45. The van der Waals surface area contributed by atoms with Crippen molar-refractivity contribution in [3.8, 4) is 0 Å². The second-order valence-electron chi connectivity index (χ2n) is 4.49. The van der Waals surface area contributed by atoms with Gasteiger partial charge in [-0.05, 0) is 25.0 Å². The third kappa shape index (κ3) is 5.49. The summed E-state index contributed by atoms with van der Waals surface area (Å²) in [6, 6.07) is 7.02. The van der Waals surface area contributed by atoms with Crippen LogP contribution >= 0.6 is 10.7 Å². The molecule has 1 rings (SSSR count). The van der Waals surface area contributed by atoms with Crippen molar-refractivity contribution in [1.29, 1.82) is 0 Å². The van der Waals surface area contributed by atoms with Gasteiger partial charge in [-0.3, -0.25) is 0 Å². The lowest BCUT2D eigenvalue weighted by molar-refractivity contribution is 0.0810. The standard InChI is InChI=1S/C11H15ClO3S/c1-11(2,13)7-9-3-5-10(6-4-9)8-16(12,14)15/h3-6,13H,7-8H2,1-2H3. The first kappa shape index (κ1) is 13.5. The molecule has 0 radical (unpaired) electrons. The van der Waals surface area contributed by atoms with Crippen molar-refractivity contribution in [3.63, 3.8) is 0 Å². The summed E-state index contributed by atoms with van der Waals surface area (Å²) < 4.78 is 21.7. The van der Waals surface area contributed by atoms with Gasteiger partial charge in [-0.1, -0.05) is 24.3 Å². The van der Waals surface area contributed by atoms with Crippen molar-refractivity contribution in [3.05, 3.63) is 35.4 Å². The first-order valence-electron chi connectivity index (χ1n) is 4.88. The molecule has 0 spiro atoms. The van der Waals surface area contributed by atoms with Gasteiger partial charge in [0, 0.05) is 17.1 Å². The summed E-state index contributed by atoms with van der Waals surface area (Å²) in [6.45, 7) is 3.45. The van der Waals surface area contributed by atoms with Crippen molar-refractivity contribution >= 4 is 19.7 Å². The molecule has 0 aliphatic heterocycles. The quantitative estimate of drug-likeness (QED) is 0.845. The molecule has 3 nitrogen and oxygen atoms in total. The topological polar surface area (TPSA) is 54.4 Å². The Morgan fingerprint density at radius 2 is 1.62 bits per heavy atom. The number of aliphatic hydroxyl groups is 1. The van der Waals surface area contributed by atoms with E-state index in [1.165, 1.54) is 0 Å². The largest absolute Gasteiger partial charge is 0.390 e. The minimum atomic E-state index is -3.50. The fraction of sp³-hybridized carbons (Fsp3) is 0.455. The van der Waals surface area contributed by atoms with Crippen LogP contribution in [0.3, 0.4) is 0 Å². The molecule has 0 saturated heterocycles. The second-order valence-corrected chi connectivity index (χ2v) is 7.27. The third-order valence-electron chi connectivity index (χ3n) is 2.00. The van der Waals surface area contributed by atoms with Crippen molar-refractivity contribution in [2.45, 2.75) is 31.6 Å². The summed E-state index contributed by atoms with van der Waals surface area (Å²) in [6.07, 6.45) is 0.529. The molecule has 0 heterocycles. The van der Waals surface area contributed by atoms with Gasteiger partial charge in [-0.25, -0.2) is 8.42 Å². The second kappa shape index (κ2) is 4.73. The molecule has 16 heavy (non-hydrogen) atoms. The normalized spacial score (nSPS) is 12.8. The highest BCUT2D eigenvalue weighted by Crippen LogP contribution is 2.15. The van der Waals surface area contributed by atoms with Gasteiger partial charge in [-0.15, -0.1) is 0 Å². The molecule has 0 aliphatic rings. The fourth-order valence-corrected chi connectivity index (χ4v) is 2.42. The maximum absolute atomic E-state index is 10.8. The SMILES string of the molecule is CC(C)(O)Cc1ccc(CS(=O)(=O)Cl)cc1. The lowest BCUT2D eigenvalue weighted by Crippen LogP contribution is -2.21. The Morgan fingerprint density at radius 1 is 1.19 bits per heavy atom. The van der Waals surface area contributed by atoms with Gasteiger partial charge < -0.3 is 5.11 Å². The van der Waals surface area contributed by atoms with Crippen LogP contribution in [0.25, 0.3) is 0 Å². The Kier molecular flexibility index (Phi) is 3.99. The molecular weight excluding hydrogens is 248 g/mol. The highest BCUT2D eigenvalue weighted by molar-refractivity contribution is 8.13. The number of halogens is 1. The van der Waals surface area contributed by atoms with E-state index in [2.05, 4.69) is 0 Å². The van der Waals surface area contributed by atoms with E-state index in [-0.39, 0.29) is 5.75 Å². The van der Waals surface area contributed by atoms with Gasteiger partial charge in [0.1, 0.15) is 0 Å². The van der Waals surface area contributed by atoms with Crippen LogP contribution in [-0.2, 0) is 21.2 Å². The maximum atomic E-state index is 10.8. The average Bonchev–Trinajstić information content (AvgIpc) is 2.03. The van der Waals surface area contributed by atoms with E-state index in [1.54, 1.807) is 38.1 Å². The highest BCUT2D eigenvalue weighted by atomic mass is 35.7. The molecule has 5 heteroatoms. The van der Waals surface area contributed by atoms with Gasteiger partial charge in [0.2, 0.25) is 9.05 Å². The van der Waals surface area contributed by atoms with Crippen LogP contribution in [0.4, 0.5) is 0 Å². The van der Waals surface area contributed by atoms with Gasteiger partial charge in [-0.2, -0.15) is 0 Å². The maximum Gasteiger partial charge on any atom is 0.236 e. The van der Waals surface area contributed by atoms with E-state index >= 15 is 0 Å². The summed E-state index contributed by atoms with van der Waals surface area (Å²) in [5, 5.41) is 9.61. The lowest BCUT2D eigenvalue weighted by atomic mass is 9.98. The van der Waals surface area contributed by atoms with Crippen LogP contribution < -0.4 is 0 Å². The molecule has 90 valence electrons. The summed E-state index contributed by atoms with van der Waals surface area (Å²) in [4.78, 5) is 0. The zero-order valence-electron chi connectivity index (χ0n) is 9.27. The Labute approximate surface area is 100 Å². The number of benzene rings is 1. The van der Waals surface area contributed by atoms with E-state index in [4.69, 9.17) is 10.7 Å². The molecule has 0 unspecified atom stereocenters. The van der Waals surface area contributed by atoms with E-state index in [0.29, 0.717) is 12.0 Å². The van der Waals surface area contributed by atoms with E-state index < -0.39 is 14.7 Å².